The summed E-state index contributed by atoms with van der Waals surface area (Å²) in [5, 5.41) is 13.5. The first-order valence-electron chi connectivity index (χ1n) is 10.9. The van der Waals surface area contributed by atoms with Gasteiger partial charge in [0.15, 0.2) is 18.3 Å². The molecule has 32 heavy (non-hydrogen) atoms. The molecule has 4 rings (SSSR count). The van der Waals surface area contributed by atoms with Crippen molar-refractivity contribution in [3.63, 3.8) is 0 Å². The Balaban J connectivity index is 1.71. The Labute approximate surface area is 193 Å². The van der Waals surface area contributed by atoms with Crippen molar-refractivity contribution < 1.29 is 9.53 Å². The molecule has 1 unspecified atom stereocenters. The maximum absolute atomic E-state index is 12.4. The molecule has 2 aromatic carbocycles. The molecule has 168 valence electrons. The van der Waals surface area contributed by atoms with E-state index in [2.05, 4.69) is 40.6 Å². The van der Waals surface area contributed by atoms with E-state index < -0.39 is 11.9 Å². The van der Waals surface area contributed by atoms with E-state index in [0.29, 0.717) is 18.0 Å². The number of piperazine rings is 1. The Morgan fingerprint density at radius 2 is 1.94 bits per heavy atom. The number of quaternary nitrogens is 1. The molecule has 2 aliphatic heterocycles. The van der Waals surface area contributed by atoms with E-state index in [1.54, 1.807) is 7.11 Å². The molecule has 0 spiro atoms. The summed E-state index contributed by atoms with van der Waals surface area (Å²) in [5.41, 5.74) is 9.74. The zero-order valence-corrected chi connectivity index (χ0v) is 19.0. The van der Waals surface area contributed by atoms with E-state index in [-0.39, 0.29) is 17.1 Å². The van der Waals surface area contributed by atoms with Gasteiger partial charge in [-0.05, 0) is 29.3 Å². The fourth-order valence-electron chi connectivity index (χ4n) is 5.02. The van der Waals surface area contributed by atoms with Gasteiger partial charge in [-0.25, -0.2) is 0 Å². The number of amides is 1. The summed E-state index contributed by atoms with van der Waals surface area (Å²) in [4.78, 5) is 14.7. The zero-order chi connectivity index (χ0) is 22.7. The van der Waals surface area contributed by atoms with Gasteiger partial charge in [0.2, 0.25) is 0 Å². The summed E-state index contributed by atoms with van der Waals surface area (Å²) >= 11 is 6.65. The van der Waals surface area contributed by atoms with Crippen molar-refractivity contribution in [2.24, 2.45) is 5.73 Å². The number of rotatable bonds is 6. The predicted octanol–water partition coefficient (Wildman–Crippen LogP) is 2.52. The molecule has 7 nitrogen and oxygen atoms in total. The van der Waals surface area contributed by atoms with Crippen LogP contribution in [0.5, 0.6) is 0 Å². The van der Waals surface area contributed by atoms with Crippen LogP contribution in [0.1, 0.15) is 6.42 Å². The second kappa shape index (κ2) is 9.47. The lowest BCUT2D eigenvalue weighted by Gasteiger charge is -2.36. The third kappa shape index (κ3) is 4.19. The molecule has 1 amide bonds. The van der Waals surface area contributed by atoms with Crippen molar-refractivity contribution in [1.29, 1.82) is 5.26 Å². The molecule has 2 aromatic rings. The number of anilines is 1. The molecule has 0 radical (unpaired) electrons. The molecule has 8 heteroatoms. The number of carbonyl (C=O) groups is 1. The number of nitrogens with two attached hydrogens (primary N) is 1. The first-order valence-corrected chi connectivity index (χ1v) is 11.3. The van der Waals surface area contributed by atoms with E-state index >= 15 is 0 Å². The first-order chi connectivity index (χ1) is 15.5. The molecule has 3 N–H and O–H groups in total. The van der Waals surface area contributed by atoms with E-state index in [0.717, 1.165) is 43.0 Å². The van der Waals surface area contributed by atoms with E-state index in [4.69, 9.17) is 22.1 Å². The van der Waals surface area contributed by atoms with Crippen LogP contribution in [0.15, 0.2) is 42.5 Å². The highest BCUT2D eigenvalue weighted by Crippen LogP contribution is 2.42. The smallest absolute Gasteiger partial charge is 0.276 e. The van der Waals surface area contributed by atoms with Gasteiger partial charge < -0.3 is 20.7 Å². The molecule has 2 heterocycles. The summed E-state index contributed by atoms with van der Waals surface area (Å²) < 4.78 is 5.65. The number of methoxy groups -OCH3 is 1. The molecule has 2 saturated heterocycles. The first kappa shape index (κ1) is 22.6. The van der Waals surface area contributed by atoms with Gasteiger partial charge in [-0.15, -0.1) is 0 Å². The lowest BCUT2D eigenvalue weighted by molar-refractivity contribution is -0.121. The van der Waals surface area contributed by atoms with Crippen LogP contribution in [0.25, 0.3) is 11.1 Å². The summed E-state index contributed by atoms with van der Waals surface area (Å²) in [5.74, 6) is -0.443. The average Bonchev–Trinajstić information content (AvgIpc) is 3.20. The second-order valence-corrected chi connectivity index (χ2v) is 8.90. The lowest BCUT2D eigenvalue weighted by atomic mass is 10.0. The van der Waals surface area contributed by atoms with Crippen LogP contribution >= 0.6 is 11.6 Å². The summed E-state index contributed by atoms with van der Waals surface area (Å²) in [6.07, 6.45) is 0.298. The van der Waals surface area contributed by atoms with Crippen molar-refractivity contribution in [2.45, 2.75) is 18.6 Å². The third-order valence-electron chi connectivity index (χ3n) is 6.74. The minimum absolute atomic E-state index is 0.0931. The van der Waals surface area contributed by atoms with Gasteiger partial charge in [0.05, 0.1) is 0 Å². The Morgan fingerprint density at radius 1 is 1.25 bits per heavy atom. The number of benzene rings is 2. The van der Waals surface area contributed by atoms with Crippen molar-refractivity contribution in [3.05, 3.63) is 47.5 Å². The number of nitrogens with zero attached hydrogens (tertiary/aromatic N) is 3. The SMILES string of the molecule is CO[C@H]1C[C@@H](C(N)=O)[N+](CC#N)(c2cc(-c3ccc(N4CCNCC4)cc3)ccc2Cl)C1. The molecule has 2 fully saturated rings. The lowest BCUT2D eigenvalue weighted by Crippen LogP contribution is -2.58. The van der Waals surface area contributed by atoms with Crippen molar-refractivity contribution in [2.75, 3.05) is 51.3 Å². The van der Waals surface area contributed by atoms with Crippen LogP contribution in [0.4, 0.5) is 11.4 Å². The summed E-state index contributed by atoms with van der Waals surface area (Å²) in [7, 11) is 1.62. The number of hydrogen-bond donors (Lipinski definition) is 2. The summed E-state index contributed by atoms with van der Waals surface area (Å²) in [6, 6.07) is 16.0. The summed E-state index contributed by atoms with van der Waals surface area (Å²) in [6.45, 7) is 4.54. The maximum Gasteiger partial charge on any atom is 0.276 e. The Kier molecular flexibility index (Phi) is 6.68. The largest absolute Gasteiger partial charge is 0.375 e. The highest BCUT2D eigenvalue weighted by atomic mass is 35.5. The normalized spacial score (nSPS) is 25.5. The number of nitrogens with one attached hydrogen (secondary N) is 1. The minimum atomic E-state index is -0.567. The Hall–Kier alpha value is -2.63. The van der Waals surface area contributed by atoms with Crippen molar-refractivity contribution in [3.8, 4) is 17.2 Å². The molecule has 0 saturated carbocycles. The maximum atomic E-state index is 12.4. The van der Waals surface area contributed by atoms with Crippen LogP contribution in [0.2, 0.25) is 5.02 Å². The minimum Gasteiger partial charge on any atom is -0.375 e. The average molecular weight is 455 g/mol. The highest BCUT2D eigenvalue weighted by molar-refractivity contribution is 6.33. The van der Waals surface area contributed by atoms with Gasteiger partial charge in [-0.3, -0.25) is 9.28 Å². The monoisotopic (exact) mass is 454 g/mol. The number of ether oxygens (including phenoxy) is 1. The quantitative estimate of drug-likeness (QED) is 0.517. The number of primary amides is 1. The molecule has 0 aromatic heterocycles. The number of hydrogen-bond acceptors (Lipinski definition) is 5. The van der Waals surface area contributed by atoms with E-state index in [9.17, 15) is 10.1 Å². The van der Waals surface area contributed by atoms with Gasteiger partial charge in [0.1, 0.15) is 23.7 Å². The predicted molar refractivity (Wildman–Crippen MR) is 128 cm³/mol. The van der Waals surface area contributed by atoms with Gasteiger partial charge in [0.25, 0.3) is 5.91 Å². The fraction of sp³-hybridized carbons (Fsp3) is 0.417. The Morgan fingerprint density at radius 3 is 2.56 bits per heavy atom. The van der Waals surface area contributed by atoms with Gasteiger partial charge >= 0.3 is 0 Å². The van der Waals surface area contributed by atoms with E-state index in [1.807, 2.05) is 18.2 Å². The highest BCUT2D eigenvalue weighted by Gasteiger charge is 2.52. The van der Waals surface area contributed by atoms with Gasteiger partial charge in [0, 0.05) is 51.5 Å². The molecule has 0 aliphatic carbocycles. The zero-order valence-electron chi connectivity index (χ0n) is 18.3. The van der Waals surface area contributed by atoms with Crippen molar-refractivity contribution in [1.82, 2.24) is 9.80 Å². The van der Waals surface area contributed by atoms with Crippen LogP contribution in [0.3, 0.4) is 0 Å². The van der Waals surface area contributed by atoms with Crippen LogP contribution in [-0.4, -0.2) is 64.4 Å². The number of likely N-dealkylation sites (tertiary alicyclic amines) is 1. The number of halogens is 1. The topological polar surface area (TPSA) is 91.4 Å². The molecule has 3 atom stereocenters. The van der Waals surface area contributed by atoms with Crippen LogP contribution in [-0.2, 0) is 9.53 Å². The number of nitriles is 1. The van der Waals surface area contributed by atoms with Gasteiger partial charge in [-0.1, -0.05) is 29.8 Å². The third-order valence-corrected chi connectivity index (χ3v) is 7.06. The van der Waals surface area contributed by atoms with E-state index in [1.165, 1.54) is 5.69 Å². The standard InChI is InChI=1S/C24H28ClN5O2/c1-32-20-15-23(24(27)31)30(16-20,13-8-26)22-14-18(4-7-21(22)25)17-2-5-19(6-3-17)29-11-9-28-10-12-29/h2-7,14,20,23,28H,9-13,15-16H2,1H3,(H-,27,31)/p+1/t20-,23-,30?/m0/s1. The molecule has 2 aliphatic rings. The van der Waals surface area contributed by atoms with Crippen LogP contribution < -0.4 is 20.4 Å². The number of carbonyl (C=O) groups excluding carboxylic acids is 1. The molecular formula is C24H29ClN5O2+. The Bertz CT molecular complexity index is 1020. The van der Waals surface area contributed by atoms with Crippen molar-refractivity contribution >= 4 is 28.9 Å². The second-order valence-electron chi connectivity index (χ2n) is 8.49. The fourth-order valence-corrected chi connectivity index (χ4v) is 5.31. The van der Waals surface area contributed by atoms with Gasteiger partial charge in [-0.2, -0.15) is 5.26 Å². The van der Waals surface area contributed by atoms with Crippen LogP contribution in [0, 0.1) is 11.3 Å². The molecule has 0 bridgehead atoms. The molecular weight excluding hydrogens is 426 g/mol.